The third-order valence-electron chi connectivity index (χ3n) is 6.30. The predicted octanol–water partition coefficient (Wildman–Crippen LogP) is 6.44. The van der Waals surface area contributed by atoms with Crippen molar-refractivity contribution in [2.75, 3.05) is 19.8 Å². The molecule has 2 atom stereocenters. The van der Waals surface area contributed by atoms with Gasteiger partial charge in [-0.15, -0.1) is 0 Å². The van der Waals surface area contributed by atoms with Gasteiger partial charge in [-0.2, -0.15) is 26.3 Å². The van der Waals surface area contributed by atoms with Gasteiger partial charge in [0.05, 0.1) is 6.61 Å². The maximum absolute atomic E-state index is 13.9. The Morgan fingerprint density at radius 2 is 1.49 bits per heavy atom. The zero-order valence-corrected chi connectivity index (χ0v) is 20.4. The van der Waals surface area contributed by atoms with Crippen LogP contribution in [0.25, 0.3) is 0 Å². The SMILES string of the molecule is CC1=CC=CC(C)(CN)C1.Oc1ccc(C(c2ccc(OCC3CO3)cc2)(C(F)(F)F)C(F)(F)F)cc1. The summed E-state index contributed by atoms with van der Waals surface area (Å²) in [5.41, 5.74) is 0.986. The summed E-state index contributed by atoms with van der Waals surface area (Å²) in [7, 11) is 0. The van der Waals surface area contributed by atoms with E-state index in [0.717, 1.165) is 49.4 Å². The average Bonchev–Trinajstić information content (AvgIpc) is 3.63. The molecule has 3 N–H and O–H groups in total. The topological polar surface area (TPSA) is 68.0 Å². The summed E-state index contributed by atoms with van der Waals surface area (Å²) in [6, 6.07) is 6.42. The normalized spacial score (nSPS) is 21.5. The van der Waals surface area contributed by atoms with E-state index >= 15 is 0 Å². The van der Waals surface area contributed by atoms with Gasteiger partial charge in [0.1, 0.15) is 24.2 Å². The van der Waals surface area contributed by atoms with Crippen molar-refractivity contribution in [3.63, 3.8) is 0 Å². The van der Waals surface area contributed by atoms with Crippen LogP contribution in [0.5, 0.6) is 11.5 Å². The highest BCUT2D eigenvalue weighted by Gasteiger charge is 2.72. The van der Waals surface area contributed by atoms with Gasteiger partial charge in [-0.25, -0.2) is 0 Å². The molecule has 0 amide bonds. The van der Waals surface area contributed by atoms with E-state index in [9.17, 15) is 31.4 Å². The quantitative estimate of drug-likeness (QED) is 0.334. The number of hydrogen-bond donors (Lipinski definition) is 2. The van der Waals surface area contributed by atoms with E-state index in [1.807, 2.05) is 0 Å². The van der Waals surface area contributed by atoms with Crippen LogP contribution in [0, 0.1) is 5.41 Å². The lowest BCUT2D eigenvalue weighted by Gasteiger charge is -2.38. The van der Waals surface area contributed by atoms with Crippen molar-refractivity contribution in [3.8, 4) is 11.5 Å². The Balaban J connectivity index is 0.000000319. The molecule has 0 spiro atoms. The largest absolute Gasteiger partial charge is 0.508 e. The van der Waals surface area contributed by atoms with Gasteiger partial charge in [0, 0.05) is 12.0 Å². The molecule has 202 valence electrons. The highest BCUT2D eigenvalue weighted by atomic mass is 19.4. The lowest BCUT2D eigenvalue weighted by Crippen LogP contribution is -2.54. The zero-order valence-electron chi connectivity index (χ0n) is 20.4. The molecule has 1 aliphatic carbocycles. The molecule has 1 fully saturated rings. The van der Waals surface area contributed by atoms with Crippen LogP contribution in [0.15, 0.2) is 72.3 Å². The van der Waals surface area contributed by atoms with Crippen LogP contribution < -0.4 is 10.5 Å². The molecule has 4 rings (SSSR count). The van der Waals surface area contributed by atoms with E-state index in [2.05, 4.69) is 32.1 Å². The minimum atomic E-state index is -5.67. The first-order chi connectivity index (χ1) is 17.2. The van der Waals surface area contributed by atoms with Gasteiger partial charge < -0.3 is 20.3 Å². The molecule has 1 aliphatic heterocycles. The number of aromatic hydroxyl groups is 1. The monoisotopic (exact) mass is 529 g/mol. The molecule has 0 aromatic heterocycles. The molecule has 0 bridgehead atoms. The summed E-state index contributed by atoms with van der Waals surface area (Å²) in [6.07, 6.45) is -3.90. The first-order valence-electron chi connectivity index (χ1n) is 11.5. The summed E-state index contributed by atoms with van der Waals surface area (Å²) >= 11 is 0. The van der Waals surface area contributed by atoms with Crippen molar-refractivity contribution < 1.29 is 40.9 Å². The van der Waals surface area contributed by atoms with Crippen molar-refractivity contribution in [3.05, 3.63) is 83.5 Å². The highest BCUT2D eigenvalue weighted by molar-refractivity contribution is 5.47. The van der Waals surface area contributed by atoms with Crippen molar-refractivity contribution in [1.82, 2.24) is 0 Å². The standard InChI is InChI=1S/C18H14F6O3.C9H15N/c19-17(20,21)16(18(22,23)24,11-1-5-13(25)6-2-11)12-3-7-14(8-4-12)26-9-15-10-27-15;1-8-4-3-5-9(2,6-8)7-10/h1-8,15,25H,9-10H2;3-5H,6-7,10H2,1-2H3. The summed E-state index contributed by atoms with van der Waals surface area (Å²) < 4.78 is 93.4. The number of rotatable bonds is 6. The molecule has 37 heavy (non-hydrogen) atoms. The van der Waals surface area contributed by atoms with Gasteiger partial charge in [-0.3, -0.25) is 0 Å². The lowest BCUT2D eigenvalue weighted by molar-refractivity contribution is -0.288. The van der Waals surface area contributed by atoms with E-state index in [-0.39, 0.29) is 23.9 Å². The van der Waals surface area contributed by atoms with E-state index in [1.54, 1.807) is 0 Å². The van der Waals surface area contributed by atoms with Gasteiger partial charge in [0.25, 0.3) is 0 Å². The van der Waals surface area contributed by atoms with Crippen molar-refractivity contribution in [2.24, 2.45) is 11.1 Å². The Hall–Kier alpha value is -2.98. The minimum absolute atomic E-state index is 0.105. The van der Waals surface area contributed by atoms with Crippen LogP contribution >= 0.6 is 0 Å². The number of nitrogens with two attached hydrogens (primary N) is 1. The van der Waals surface area contributed by atoms with Gasteiger partial charge in [-0.05, 0) is 48.7 Å². The highest BCUT2D eigenvalue weighted by Crippen LogP contribution is 2.56. The van der Waals surface area contributed by atoms with Crippen LogP contribution in [0.2, 0.25) is 0 Å². The average molecular weight is 530 g/mol. The second-order valence-corrected chi connectivity index (χ2v) is 9.49. The molecule has 4 nitrogen and oxygen atoms in total. The number of hydrogen-bond acceptors (Lipinski definition) is 4. The molecule has 2 aliphatic rings. The Morgan fingerprint density at radius 1 is 0.973 bits per heavy atom. The fourth-order valence-electron chi connectivity index (χ4n) is 4.19. The van der Waals surface area contributed by atoms with Crippen LogP contribution in [-0.2, 0) is 10.2 Å². The zero-order chi connectivity index (χ0) is 27.5. The van der Waals surface area contributed by atoms with E-state index in [0.29, 0.717) is 18.7 Å². The van der Waals surface area contributed by atoms with Crippen LogP contribution in [0.1, 0.15) is 31.4 Å². The number of benzene rings is 2. The van der Waals surface area contributed by atoms with Gasteiger partial charge in [-0.1, -0.05) is 55.0 Å². The maximum Gasteiger partial charge on any atom is 0.411 e. The molecule has 10 heteroatoms. The Morgan fingerprint density at radius 3 is 1.89 bits per heavy atom. The van der Waals surface area contributed by atoms with Crippen LogP contribution in [0.3, 0.4) is 0 Å². The minimum Gasteiger partial charge on any atom is -0.508 e. The summed E-state index contributed by atoms with van der Waals surface area (Å²) in [6.45, 7) is 5.76. The third kappa shape index (κ3) is 6.48. The predicted molar refractivity (Wildman–Crippen MR) is 127 cm³/mol. The smallest absolute Gasteiger partial charge is 0.411 e. The van der Waals surface area contributed by atoms with Gasteiger partial charge in [0.2, 0.25) is 5.41 Å². The molecule has 2 aromatic carbocycles. The Labute approximate surface area is 211 Å². The Bertz CT molecular complexity index is 1090. The number of halogens is 6. The Kier molecular flexibility index (Phi) is 8.34. The van der Waals surface area contributed by atoms with Gasteiger partial charge >= 0.3 is 12.4 Å². The number of epoxide rings is 1. The molecule has 1 heterocycles. The van der Waals surface area contributed by atoms with Crippen LogP contribution in [-0.4, -0.2) is 43.3 Å². The first kappa shape index (κ1) is 28.6. The molecule has 1 saturated heterocycles. The second kappa shape index (κ2) is 10.8. The maximum atomic E-state index is 13.9. The number of allylic oxidation sites excluding steroid dienone is 3. The summed E-state index contributed by atoms with van der Waals surface area (Å²) in [5, 5.41) is 9.25. The van der Waals surface area contributed by atoms with E-state index in [4.69, 9.17) is 15.2 Å². The summed E-state index contributed by atoms with van der Waals surface area (Å²) in [5.74, 6) is -0.304. The number of phenols is 1. The lowest BCUT2D eigenvalue weighted by atomic mass is 9.73. The first-order valence-corrected chi connectivity index (χ1v) is 11.5. The van der Waals surface area contributed by atoms with Crippen molar-refractivity contribution in [2.45, 2.75) is 44.1 Å². The third-order valence-corrected chi connectivity index (χ3v) is 6.30. The summed E-state index contributed by atoms with van der Waals surface area (Å²) in [4.78, 5) is 0. The molecule has 0 radical (unpaired) electrons. The molecule has 2 unspecified atom stereocenters. The molecule has 2 aromatic rings. The van der Waals surface area contributed by atoms with Crippen LogP contribution in [0.4, 0.5) is 26.3 Å². The van der Waals surface area contributed by atoms with Crippen molar-refractivity contribution >= 4 is 0 Å². The molecular formula is C27H29F6NO3. The molecular weight excluding hydrogens is 500 g/mol. The molecule has 0 saturated carbocycles. The fourth-order valence-corrected chi connectivity index (χ4v) is 4.19. The number of ether oxygens (including phenoxy) is 2. The van der Waals surface area contributed by atoms with Crippen molar-refractivity contribution in [1.29, 1.82) is 0 Å². The second-order valence-electron chi connectivity index (χ2n) is 9.49. The van der Waals surface area contributed by atoms with E-state index in [1.165, 1.54) is 5.57 Å². The van der Waals surface area contributed by atoms with Gasteiger partial charge in [0.15, 0.2) is 0 Å². The number of phenolic OH excluding ortho intramolecular Hbond substituents is 1. The number of alkyl halides is 6. The van der Waals surface area contributed by atoms with E-state index < -0.39 is 34.6 Å². The fraction of sp³-hybridized carbons (Fsp3) is 0.407.